The van der Waals surface area contributed by atoms with Gasteiger partial charge in [0.1, 0.15) is 11.6 Å². The number of nitrogens with zero attached hydrogens (tertiary/aromatic N) is 3. The maximum atomic E-state index is 13.3. The summed E-state index contributed by atoms with van der Waals surface area (Å²) in [5, 5.41) is 16.2. The second-order valence-electron chi connectivity index (χ2n) is 5.09. The first-order chi connectivity index (χ1) is 11.4. The van der Waals surface area contributed by atoms with Crippen molar-refractivity contribution in [2.75, 3.05) is 0 Å². The smallest absolute Gasteiger partial charge is 0.252 e. The third kappa shape index (κ3) is 3.23. The van der Waals surface area contributed by atoms with Crippen LogP contribution in [0.4, 0.5) is 4.39 Å². The molecular formula is C16H12FN3O3S. The quantitative estimate of drug-likeness (QED) is 0.735. The molecule has 2 aromatic heterocycles. The standard InChI is InChI=1S/C16H12FN3O3S/c1-9-19-12(8-24-9)5-15(22)20-7-10(6-18-20)16(23)13-4-11(17)2-3-14(13)21/h2-4,6-8,21H,5H2,1H3. The highest BCUT2D eigenvalue weighted by atomic mass is 32.1. The molecule has 1 N–H and O–H groups in total. The number of aryl methyl sites for hydroxylation is 1. The maximum absolute atomic E-state index is 13.3. The molecule has 0 unspecified atom stereocenters. The predicted octanol–water partition coefficient (Wildman–Crippen LogP) is 2.61. The molecule has 0 bridgehead atoms. The van der Waals surface area contributed by atoms with Gasteiger partial charge in [0.15, 0.2) is 5.78 Å². The summed E-state index contributed by atoms with van der Waals surface area (Å²) in [5.74, 6) is -1.93. The van der Waals surface area contributed by atoms with Crippen LogP contribution in [0.2, 0.25) is 0 Å². The number of carbonyl (C=O) groups excluding carboxylic acids is 2. The molecule has 0 saturated carbocycles. The van der Waals surface area contributed by atoms with Gasteiger partial charge in [-0.3, -0.25) is 9.59 Å². The van der Waals surface area contributed by atoms with Crippen molar-refractivity contribution in [2.24, 2.45) is 0 Å². The molecule has 8 heteroatoms. The third-order valence-electron chi connectivity index (χ3n) is 3.30. The summed E-state index contributed by atoms with van der Waals surface area (Å²) in [5.41, 5.74) is 0.532. The first-order valence-electron chi connectivity index (χ1n) is 6.96. The number of phenols is 1. The highest BCUT2D eigenvalue weighted by molar-refractivity contribution is 7.09. The monoisotopic (exact) mass is 345 g/mol. The number of carbonyl (C=O) groups is 2. The highest BCUT2D eigenvalue weighted by Crippen LogP contribution is 2.21. The van der Waals surface area contributed by atoms with E-state index in [2.05, 4.69) is 10.1 Å². The fourth-order valence-electron chi connectivity index (χ4n) is 2.15. The number of hydrogen-bond acceptors (Lipinski definition) is 6. The van der Waals surface area contributed by atoms with Crippen LogP contribution in [0.25, 0.3) is 0 Å². The Hall–Kier alpha value is -2.87. The van der Waals surface area contributed by atoms with Crippen molar-refractivity contribution in [1.82, 2.24) is 14.8 Å². The van der Waals surface area contributed by atoms with Crippen molar-refractivity contribution < 1.29 is 19.1 Å². The molecular weight excluding hydrogens is 333 g/mol. The van der Waals surface area contributed by atoms with Gasteiger partial charge >= 0.3 is 0 Å². The summed E-state index contributed by atoms with van der Waals surface area (Å²) in [7, 11) is 0. The highest BCUT2D eigenvalue weighted by Gasteiger charge is 2.18. The zero-order valence-corrected chi connectivity index (χ0v) is 13.4. The van der Waals surface area contributed by atoms with Crippen molar-refractivity contribution in [3.05, 3.63) is 63.6 Å². The SMILES string of the molecule is Cc1nc(CC(=O)n2cc(C(=O)c3cc(F)ccc3O)cn2)cs1. The van der Waals surface area contributed by atoms with Gasteiger partial charge in [0.05, 0.1) is 34.4 Å². The van der Waals surface area contributed by atoms with Gasteiger partial charge in [-0.05, 0) is 25.1 Å². The molecule has 2 heterocycles. The second kappa shape index (κ2) is 6.32. The van der Waals surface area contributed by atoms with E-state index in [0.717, 1.165) is 27.9 Å². The van der Waals surface area contributed by atoms with Gasteiger partial charge in [-0.2, -0.15) is 5.10 Å². The molecule has 1 aromatic carbocycles. The van der Waals surface area contributed by atoms with Crippen molar-refractivity contribution >= 4 is 23.0 Å². The van der Waals surface area contributed by atoms with Gasteiger partial charge in [0, 0.05) is 11.6 Å². The minimum Gasteiger partial charge on any atom is -0.507 e. The Morgan fingerprint density at radius 3 is 2.88 bits per heavy atom. The van der Waals surface area contributed by atoms with Gasteiger partial charge in [-0.25, -0.2) is 14.1 Å². The minimum atomic E-state index is -0.640. The Kier molecular flexibility index (Phi) is 4.22. The van der Waals surface area contributed by atoms with Gasteiger partial charge in [0.2, 0.25) is 0 Å². The molecule has 6 nitrogen and oxygen atoms in total. The summed E-state index contributed by atoms with van der Waals surface area (Å²) < 4.78 is 14.3. The molecule has 0 aliphatic heterocycles. The topological polar surface area (TPSA) is 85.1 Å². The molecule has 0 aliphatic rings. The first kappa shape index (κ1) is 16.0. The van der Waals surface area contributed by atoms with Gasteiger partial charge in [-0.1, -0.05) is 0 Å². The normalized spacial score (nSPS) is 10.8. The zero-order valence-electron chi connectivity index (χ0n) is 12.6. The lowest BCUT2D eigenvalue weighted by Crippen LogP contribution is -2.14. The molecule has 3 rings (SSSR count). The van der Waals surface area contributed by atoms with Crippen LogP contribution in [0.1, 0.15) is 31.4 Å². The maximum Gasteiger partial charge on any atom is 0.252 e. The number of phenolic OH excluding ortho intramolecular Hbond substituents is 1. The van der Waals surface area contributed by atoms with E-state index < -0.39 is 11.6 Å². The molecule has 0 amide bonds. The number of ketones is 1. The molecule has 0 spiro atoms. The van der Waals surface area contributed by atoms with E-state index in [1.165, 1.54) is 23.7 Å². The van der Waals surface area contributed by atoms with Crippen LogP contribution in [-0.4, -0.2) is 31.6 Å². The summed E-state index contributed by atoms with van der Waals surface area (Å²) in [4.78, 5) is 28.7. The van der Waals surface area contributed by atoms with Crippen LogP contribution < -0.4 is 0 Å². The summed E-state index contributed by atoms with van der Waals surface area (Å²) in [6.45, 7) is 1.84. The number of rotatable bonds is 4. The van der Waals surface area contributed by atoms with Gasteiger partial charge in [0.25, 0.3) is 5.91 Å². The van der Waals surface area contributed by atoms with E-state index in [0.29, 0.717) is 5.69 Å². The average Bonchev–Trinajstić information content (AvgIpc) is 3.18. The van der Waals surface area contributed by atoms with Crippen LogP contribution in [0, 0.1) is 12.7 Å². The fourth-order valence-corrected chi connectivity index (χ4v) is 2.76. The summed E-state index contributed by atoms with van der Waals surface area (Å²) in [6.07, 6.45) is 2.52. The lowest BCUT2D eigenvalue weighted by atomic mass is 10.1. The van der Waals surface area contributed by atoms with E-state index in [1.807, 2.05) is 6.92 Å². The zero-order chi connectivity index (χ0) is 17.3. The molecule has 3 aromatic rings. The second-order valence-corrected chi connectivity index (χ2v) is 6.15. The molecule has 0 fully saturated rings. The van der Waals surface area contributed by atoms with Crippen molar-refractivity contribution in [1.29, 1.82) is 0 Å². The number of benzene rings is 1. The van der Waals surface area contributed by atoms with E-state index >= 15 is 0 Å². The van der Waals surface area contributed by atoms with Gasteiger partial charge in [-0.15, -0.1) is 11.3 Å². The Morgan fingerprint density at radius 1 is 1.38 bits per heavy atom. The molecule has 0 aliphatic carbocycles. The number of aromatic hydroxyl groups is 1. The largest absolute Gasteiger partial charge is 0.507 e. The van der Waals surface area contributed by atoms with Crippen molar-refractivity contribution in [3.8, 4) is 5.75 Å². The first-order valence-corrected chi connectivity index (χ1v) is 7.84. The molecule has 0 atom stereocenters. The van der Waals surface area contributed by atoms with Crippen LogP contribution in [-0.2, 0) is 6.42 Å². The van der Waals surface area contributed by atoms with E-state index in [-0.39, 0.29) is 29.2 Å². The number of thiazole rings is 1. The Bertz CT molecular complexity index is 932. The Morgan fingerprint density at radius 2 is 2.17 bits per heavy atom. The van der Waals surface area contributed by atoms with E-state index in [9.17, 15) is 19.1 Å². The average molecular weight is 345 g/mol. The van der Waals surface area contributed by atoms with Gasteiger partial charge < -0.3 is 5.11 Å². The van der Waals surface area contributed by atoms with E-state index in [1.54, 1.807) is 5.38 Å². The molecule has 24 heavy (non-hydrogen) atoms. The fraction of sp³-hybridized carbons (Fsp3) is 0.125. The van der Waals surface area contributed by atoms with Crippen molar-refractivity contribution in [3.63, 3.8) is 0 Å². The van der Waals surface area contributed by atoms with Crippen LogP contribution in [0.3, 0.4) is 0 Å². The lowest BCUT2D eigenvalue weighted by Gasteiger charge is -2.01. The Labute approximate surface area is 140 Å². The van der Waals surface area contributed by atoms with E-state index in [4.69, 9.17) is 0 Å². The number of hydrogen-bond donors (Lipinski definition) is 1. The summed E-state index contributed by atoms with van der Waals surface area (Å²) >= 11 is 1.44. The van der Waals surface area contributed by atoms with Crippen LogP contribution in [0.5, 0.6) is 5.75 Å². The predicted molar refractivity (Wildman–Crippen MR) is 84.9 cm³/mol. The van der Waals surface area contributed by atoms with Crippen molar-refractivity contribution in [2.45, 2.75) is 13.3 Å². The third-order valence-corrected chi connectivity index (χ3v) is 4.12. The Balaban J connectivity index is 1.81. The lowest BCUT2D eigenvalue weighted by molar-refractivity contribution is 0.0897. The molecule has 0 radical (unpaired) electrons. The molecule has 0 saturated heterocycles. The molecule has 122 valence electrons. The minimum absolute atomic E-state index is 0.0604. The number of aromatic nitrogens is 3. The summed E-state index contributed by atoms with van der Waals surface area (Å²) in [6, 6.07) is 3.09. The number of halogens is 1. The van der Waals surface area contributed by atoms with Crippen LogP contribution >= 0.6 is 11.3 Å². The van der Waals surface area contributed by atoms with Crippen LogP contribution in [0.15, 0.2) is 36.0 Å².